The Bertz CT molecular complexity index is 1010. The Morgan fingerprint density at radius 1 is 1.07 bits per heavy atom. The maximum atomic E-state index is 13.3. The van der Waals surface area contributed by atoms with E-state index in [-0.39, 0.29) is 26.8 Å². The lowest BCUT2D eigenvalue weighted by atomic mass is 9.77. The summed E-state index contributed by atoms with van der Waals surface area (Å²) in [4.78, 5) is 25.9. The van der Waals surface area contributed by atoms with Crippen LogP contribution in [0, 0.1) is 0 Å². The van der Waals surface area contributed by atoms with Crippen molar-refractivity contribution in [1.29, 1.82) is 0 Å². The highest BCUT2D eigenvalue weighted by atomic mass is 16.8. The van der Waals surface area contributed by atoms with Crippen molar-refractivity contribution in [1.82, 2.24) is 5.32 Å². The van der Waals surface area contributed by atoms with Crippen molar-refractivity contribution in [2.75, 3.05) is 41.0 Å². The minimum Gasteiger partial charge on any atom is -0.359 e. The molecule has 4 fully saturated rings. The average molecular weight is 580 g/mol. The number of fused-ring (bicyclic) bond motifs is 1. The van der Waals surface area contributed by atoms with E-state index in [4.69, 9.17) is 42.6 Å². The lowest BCUT2D eigenvalue weighted by Gasteiger charge is -2.55. The van der Waals surface area contributed by atoms with E-state index >= 15 is 0 Å². The summed E-state index contributed by atoms with van der Waals surface area (Å²) < 4.78 is 54.6. The molecule has 1 spiro atoms. The molecule has 1 aromatic carbocycles. The van der Waals surface area contributed by atoms with Crippen molar-refractivity contribution in [3.8, 4) is 0 Å². The quantitative estimate of drug-likeness (QED) is 0.305. The van der Waals surface area contributed by atoms with Crippen LogP contribution in [-0.4, -0.2) is 101 Å². The largest absolute Gasteiger partial charge is 0.359 e. The third kappa shape index (κ3) is 6.36. The Morgan fingerprint density at radius 3 is 2.51 bits per heavy atom. The molecule has 1 amide bonds. The number of nitrogens with one attached hydrogen (secondary N) is 1. The standard InChI is InChI=1S/C29H41NO11/c1-19(32)30-25-24(36-17-33-2)23-21(14-35-27(39-23)20-10-6-4-7-11-20)41-29(25,16-31)26(37-18-34-3)22-15-38-28(40-22)12-8-5-9-13-28/h4,6-7,10-11,16,21-27H,5,8-9,12-15,17-18H2,1-3H3,(H,30,32)/t21-,22-,23-,24+,25-,26-,27-,29-/m1/s1. The Morgan fingerprint density at radius 2 is 1.83 bits per heavy atom. The smallest absolute Gasteiger partial charge is 0.217 e. The minimum atomic E-state index is -1.77. The van der Waals surface area contributed by atoms with Gasteiger partial charge < -0.3 is 47.9 Å². The van der Waals surface area contributed by atoms with E-state index in [0.29, 0.717) is 6.29 Å². The van der Waals surface area contributed by atoms with Crippen molar-refractivity contribution in [3.63, 3.8) is 0 Å². The molecule has 0 aromatic heterocycles. The molecular formula is C29H41NO11. The fourth-order valence-electron chi connectivity index (χ4n) is 6.42. The molecule has 12 heteroatoms. The molecule has 5 rings (SSSR count). The zero-order valence-corrected chi connectivity index (χ0v) is 23.9. The number of hydrogen-bond donors (Lipinski definition) is 1. The van der Waals surface area contributed by atoms with Gasteiger partial charge in [-0.3, -0.25) is 9.59 Å². The molecule has 41 heavy (non-hydrogen) atoms. The van der Waals surface area contributed by atoms with Gasteiger partial charge in [0.2, 0.25) is 5.91 Å². The van der Waals surface area contributed by atoms with E-state index in [9.17, 15) is 9.59 Å². The molecule has 3 saturated heterocycles. The Hall–Kier alpha value is -2.00. The van der Waals surface area contributed by atoms with E-state index < -0.39 is 60.1 Å². The number of rotatable bonds is 11. The summed E-state index contributed by atoms with van der Waals surface area (Å²) in [7, 11) is 2.98. The molecule has 1 aromatic rings. The molecule has 1 N–H and O–H groups in total. The van der Waals surface area contributed by atoms with Gasteiger partial charge in [0, 0.05) is 39.5 Å². The molecule has 3 aliphatic heterocycles. The Kier molecular flexibility index (Phi) is 10.1. The molecule has 1 aliphatic carbocycles. The number of carbonyl (C=O) groups excluding carboxylic acids is 2. The SMILES string of the molecule is COCO[C@H]1[C@@H]2O[C@H](c3ccccc3)OC[C@H]2O[C@@](C=O)([C@H](OCOC)[C@H]2COC3(CCCCC3)O2)[C@@H]1NC(C)=O. The van der Waals surface area contributed by atoms with Gasteiger partial charge in [-0.05, 0) is 12.8 Å². The second-order valence-corrected chi connectivity index (χ2v) is 11.0. The van der Waals surface area contributed by atoms with Crippen LogP contribution >= 0.6 is 0 Å². The van der Waals surface area contributed by atoms with E-state index in [1.165, 1.54) is 21.1 Å². The molecule has 0 radical (unpaired) electrons. The average Bonchev–Trinajstić information content (AvgIpc) is 3.39. The first kappa shape index (κ1) is 30.5. The highest BCUT2D eigenvalue weighted by Crippen LogP contribution is 2.45. The van der Waals surface area contributed by atoms with E-state index in [0.717, 1.165) is 37.7 Å². The van der Waals surface area contributed by atoms with Crippen LogP contribution in [0.25, 0.3) is 0 Å². The van der Waals surface area contributed by atoms with Gasteiger partial charge in [0.1, 0.15) is 44.1 Å². The highest BCUT2D eigenvalue weighted by Gasteiger charge is 2.64. The zero-order chi connectivity index (χ0) is 28.9. The summed E-state index contributed by atoms with van der Waals surface area (Å²) in [5.41, 5.74) is -0.958. The summed E-state index contributed by atoms with van der Waals surface area (Å²) in [6.07, 6.45) is 0.469. The van der Waals surface area contributed by atoms with Crippen LogP contribution in [0.1, 0.15) is 50.9 Å². The van der Waals surface area contributed by atoms with Gasteiger partial charge in [0.15, 0.2) is 24.0 Å². The summed E-state index contributed by atoms with van der Waals surface area (Å²) in [6, 6.07) is 8.44. The fourth-order valence-corrected chi connectivity index (χ4v) is 6.42. The van der Waals surface area contributed by atoms with Gasteiger partial charge in [-0.1, -0.05) is 36.8 Å². The summed E-state index contributed by atoms with van der Waals surface area (Å²) >= 11 is 0. The number of aldehydes is 1. The van der Waals surface area contributed by atoms with Crippen LogP contribution in [0.2, 0.25) is 0 Å². The normalized spacial score (nSPS) is 35.5. The monoisotopic (exact) mass is 579 g/mol. The minimum absolute atomic E-state index is 0.0996. The van der Waals surface area contributed by atoms with Crippen LogP contribution < -0.4 is 5.32 Å². The highest BCUT2D eigenvalue weighted by molar-refractivity contribution is 5.76. The third-order valence-corrected chi connectivity index (χ3v) is 8.19. The predicted molar refractivity (Wildman–Crippen MR) is 141 cm³/mol. The van der Waals surface area contributed by atoms with E-state index in [2.05, 4.69) is 5.32 Å². The summed E-state index contributed by atoms with van der Waals surface area (Å²) in [5, 5.41) is 2.91. The molecule has 3 heterocycles. The maximum absolute atomic E-state index is 13.3. The first-order chi connectivity index (χ1) is 19.9. The van der Waals surface area contributed by atoms with Crippen LogP contribution in [0.5, 0.6) is 0 Å². The molecule has 1 saturated carbocycles. The number of carbonyl (C=O) groups is 2. The van der Waals surface area contributed by atoms with Gasteiger partial charge in [-0.25, -0.2) is 0 Å². The van der Waals surface area contributed by atoms with Crippen molar-refractivity contribution in [3.05, 3.63) is 35.9 Å². The van der Waals surface area contributed by atoms with Gasteiger partial charge in [0.05, 0.1) is 19.3 Å². The molecule has 0 bridgehead atoms. The number of ether oxygens (including phenoxy) is 9. The molecular weight excluding hydrogens is 538 g/mol. The van der Waals surface area contributed by atoms with Crippen molar-refractivity contribution >= 4 is 12.2 Å². The van der Waals surface area contributed by atoms with E-state index in [1.54, 1.807) is 0 Å². The lowest BCUT2D eigenvalue weighted by Crippen LogP contribution is -2.77. The van der Waals surface area contributed by atoms with Crippen LogP contribution in [0.3, 0.4) is 0 Å². The van der Waals surface area contributed by atoms with Gasteiger partial charge >= 0.3 is 0 Å². The van der Waals surface area contributed by atoms with Crippen LogP contribution in [-0.2, 0) is 52.2 Å². The topological polar surface area (TPSA) is 129 Å². The number of amides is 1. The second kappa shape index (κ2) is 13.5. The first-order valence-corrected chi connectivity index (χ1v) is 14.2. The van der Waals surface area contributed by atoms with E-state index in [1.807, 2.05) is 30.3 Å². The summed E-state index contributed by atoms with van der Waals surface area (Å²) in [5.74, 6) is -1.13. The summed E-state index contributed by atoms with van der Waals surface area (Å²) in [6.45, 7) is 1.38. The molecule has 12 nitrogen and oxygen atoms in total. The lowest BCUT2D eigenvalue weighted by molar-refractivity contribution is -0.351. The Labute approximate surface area is 240 Å². The van der Waals surface area contributed by atoms with Crippen LogP contribution in [0.15, 0.2) is 30.3 Å². The van der Waals surface area contributed by atoms with Gasteiger partial charge in [-0.15, -0.1) is 0 Å². The first-order valence-electron chi connectivity index (χ1n) is 14.2. The van der Waals surface area contributed by atoms with Crippen molar-refractivity contribution in [2.45, 2.75) is 93.3 Å². The van der Waals surface area contributed by atoms with Gasteiger partial charge in [-0.2, -0.15) is 0 Å². The maximum Gasteiger partial charge on any atom is 0.217 e. The predicted octanol–water partition coefficient (Wildman–Crippen LogP) is 2.00. The molecule has 8 atom stereocenters. The number of benzene rings is 1. The zero-order valence-electron chi connectivity index (χ0n) is 23.9. The second-order valence-electron chi connectivity index (χ2n) is 11.0. The third-order valence-electron chi connectivity index (χ3n) is 8.19. The van der Waals surface area contributed by atoms with Crippen molar-refractivity contribution < 1.29 is 52.2 Å². The number of methoxy groups -OCH3 is 2. The van der Waals surface area contributed by atoms with Gasteiger partial charge in [0.25, 0.3) is 0 Å². The number of hydrogen-bond acceptors (Lipinski definition) is 11. The van der Waals surface area contributed by atoms with Crippen LogP contribution in [0.4, 0.5) is 0 Å². The molecule has 0 unspecified atom stereocenters. The fraction of sp³-hybridized carbons (Fsp3) is 0.724. The molecule has 228 valence electrons. The Balaban J connectivity index is 1.51. The molecule has 4 aliphatic rings. The van der Waals surface area contributed by atoms with Crippen molar-refractivity contribution in [2.24, 2.45) is 0 Å².